The van der Waals surface area contributed by atoms with Crippen molar-refractivity contribution in [2.75, 3.05) is 7.05 Å². The van der Waals surface area contributed by atoms with E-state index in [2.05, 4.69) is 5.32 Å². The van der Waals surface area contributed by atoms with Crippen molar-refractivity contribution in [3.05, 3.63) is 23.3 Å². The molecule has 0 radical (unpaired) electrons. The Kier molecular flexibility index (Phi) is 2.80. The number of aromatic hydroxyl groups is 2. The van der Waals surface area contributed by atoms with Crippen LogP contribution in [-0.2, 0) is 0 Å². The Bertz CT molecular complexity index is 427. The van der Waals surface area contributed by atoms with Crippen molar-refractivity contribution in [2.45, 2.75) is 0 Å². The number of nitrogens with one attached hydrogen (secondary N) is 1. The molecule has 0 aromatic heterocycles. The number of hydrogen-bond donors (Lipinski definition) is 4. The third-order valence-corrected chi connectivity index (χ3v) is 1.80. The molecule has 4 N–H and O–H groups in total. The first-order valence-corrected chi connectivity index (χ1v) is 3.98. The van der Waals surface area contributed by atoms with Crippen molar-refractivity contribution in [1.82, 2.24) is 5.32 Å². The van der Waals surface area contributed by atoms with Crippen LogP contribution in [0.3, 0.4) is 0 Å². The molecule has 6 nitrogen and oxygen atoms in total. The fourth-order valence-corrected chi connectivity index (χ4v) is 1.09. The fraction of sp³-hybridized carbons (Fsp3) is 0.111. The summed E-state index contributed by atoms with van der Waals surface area (Å²) in [7, 11) is 1.33. The average molecular weight is 211 g/mol. The quantitative estimate of drug-likeness (QED) is 0.521. The summed E-state index contributed by atoms with van der Waals surface area (Å²) >= 11 is 0. The van der Waals surface area contributed by atoms with Gasteiger partial charge in [0.25, 0.3) is 5.91 Å². The molecule has 1 amide bonds. The lowest BCUT2D eigenvalue weighted by atomic mass is 10.1. The first-order valence-electron chi connectivity index (χ1n) is 3.98. The molecule has 0 aliphatic heterocycles. The average Bonchev–Trinajstić information content (AvgIpc) is 2.19. The minimum Gasteiger partial charge on any atom is -0.508 e. The van der Waals surface area contributed by atoms with Crippen molar-refractivity contribution in [1.29, 1.82) is 0 Å². The first kappa shape index (κ1) is 10.8. The van der Waals surface area contributed by atoms with Crippen LogP contribution in [0.25, 0.3) is 0 Å². The largest absolute Gasteiger partial charge is 0.508 e. The maximum Gasteiger partial charge on any atom is 0.339 e. The minimum absolute atomic E-state index is 0.282. The maximum absolute atomic E-state index is 11.2. The van der Waals surface area contributed by atoms with E-state index in [-0.39, 0.29) is 5.56 Å². The van der Waals surface area contributed by atoms with Crippen LogP contribution in [0.5, 0.6) is 11.5 Å². The van der Waals surface area contributed by atoms with Crippen LogP contribution < -0.4 is 5.32 Å². The number of aromatic carboxylic acids is 1. The van der Waals surface area contributed by atoms with Crippen LogP contribution in [0.15, 0.2) is 12.1 Å². The van der Waals surface area contributed by atoms with Crippen molar-refractivity contribution >= 4 is 11.9 Å². The molecule has 80 valence electrons. The molecule has 0 heterocycles. The highest BCUT2D eigenvalue weighted by Gasteiger charge is 2.19. The van der Waals surface area contributed by atoms with Crippen molar-refractivity contribution < 1.29 is 24.9 Å². The molecule has 1 rings (SSSR count). The predicted molar refractivity (Wildman–Crippen MR) is 50.1 cm³/mol. The van der Waals surface area contributed by atoms with E-state index in [9.17, 15) is 14.7 Å². The molecule has 1 aromatic rings. The molecule has 0 bridgehead atoms. The van der Waals surface area contributed by atoms with Crippen LogP contribution in [0.2, 0.25) is 0 Å². The van der Waals surface area contributed by atoms with Gasteiger partial charge in [-0.15, -0.1) is 0 Å². The van der Waals surface area contributed by atoms with Crippen LogP contribution in [0.1, 0.15) is 20.7 Å². The number of carbonyl (C=O) groups excluding carboxylic acids is 1. The van der Waals surface area contributed by atoms with E-state index in [0.29, 0.717) is 0 Å². The second kappa shape index (κ2) is 3.87. The summed E-state index contributed by atoms with van der Waals surface area (Å²) in [6.45, 7) is 0. The predicted octanol–water partition coefficient (Wildman–Crippen LogP) is 0.156. The SMILES string of the molecule is CNC(=O)c1cc(O)cc(C(=O)O)c1O. The summed E-state index contributed by atoms with van der Waals surface area (Å²) < 4.78 is 0. The molecule has 0 aliphatic rings. The van der Waals surface area contributed by atoms with Gasteiger partial charge in [-0.3, -0.25) is 4.79 Å². The summed E-state index contributed by atoms with van der Waals surface area (Å²) in [4.78, 5) is 21.8. The highest BCUT2D eigenvalue weighted by atomic mass is 16.4. The molecular formula is C9H9NO5. The number of phenolic OH excluding ortho intramolecular Hbond substituents is 1. The Morgan fingerprint density at radius 1 is 1.20 bits per heavy atom. The standard InChI is InChI=1S/C9H9NO5/c1-10-8(13)5-2-4(11)3-6(7(5)12)9(14)15/h2-3,11-12H,1H3,(H,10,13)(H,14,15). The zero-order chi connectivity index (χ0) is 11.6. The molecular weight excluding hydrogens is 202 g/mol. The lowest BCUT2D eigenvalue weighted by molar-refractivity contribution is 0.0693. The van der Waals surface area contributed by atoms with Crippen molar-refractivity contribution in [2.24, 2.45) is 0 Å². The van der Waals surface area contributed by atoms with Crippen LogP contribution in [0.4, 0.5) is 0 Å². The van der Waals surface area contributed by atoms with Gasteiger partial charge >= 0.3 is 5.97 Å². The number of amides is 1. The number of carbonyl (C=O) groups is 2. The summed E-state index contributed by atoms with van der Waals surface area (Å²) in [6, 6.07) is 1.85. The van der Waals surface area contributed by atoms with Crippen LogP contribution in [-0.4, -0.2) is 34.2 Å². The van der Waals surface area contributed by atoms with E-state index in [1.165, 1.54) is 7.05 Å². The zero-order valence-electron chi connectivity index (χ0n) is 7.81. The van der Waals surface area contributed by atoms with Gasteiger partial charge in [-0.1, -0.05) is 0 Å². The Morgan fingerprint density at radius 3 is 2.20 bits per heavy atom. The third-order valence-electron chi connectivity index (χ3n) is 1.80. The maximum atomic E-state index is 11.2. The van der Waals surface area contributed by atoms with Gasteiger partial charge in [0.2, 0.25) is 0 Å². The summed E-state index contributed by atoms with van der Waals surface area (Å²) in [5.74, 6) is -3.16. The van der Waals surface area contributed by atoms with E-state index >= 15 is 0 Å². The molecule has 15 heavy (non-hydrogen) atoms. The van der Waals surface area contributed by atoms with Gasteiger partial charge in [-0.05, 0) is 12.1 Å². The number of hydrogen-bond acceptors (Lipinski definition) is 4. The molecule has 6 heteroatoms. The third kappa shape index (κ3) is 1.98. The number of carboxylic acids is 1. The lowest BCUT2D eigenvalue weighted by Gasteiger charge is -2.06. The molecule has 0 saturated heterocycles. The van der Waals surface area contributed by atoms with Crippen LogP contribution >= 0.6 is 0 Å². The summed E-state index contributed by atoms with van der Waals surface area (Å²) in [6.07, 6.45) is 0. The van der Waals surface area contributed by atoms with Gasteiger partial charge in [0.1, 0.15) is 17.1 Å². The van der Waals surface area contributed by atoms with Gasteiger partial charge in [0.05, 0.1) is 5.56 Å². The number of rotatable bonds is 2. The fourth-order valence-electron chi connectivity index (χ4n) is 1.09. The van der Waals surface area contributed by atoms with Crippen LogP contribution in [0, 0.1) is 0 Å². The van der Waals surface area contributed by atoms with Gasteiger partial charge < -0.3 is 20.6 Å². The second-order valence-corrected chi connectivity index (χ2v) is 2.77. The second-order valence-electron chi connectivity index (χ2n) is 2.77. The Hall–Kier alpha value is -2.24. The summed E-state index contributed by atoms with van der Waals surface area (Å²) in [5.41, 5.74) is -0.802. The Balaban J connectivity index is 3.41. The highest BCUT2D eigenvalue weighted by molar-refractivity contribution is 6.02. The number of phenols is 2. The molecule has 0 atom stereocenters. The monoisotopic (exact) mass is 211 g/mol. The lowest BCUT2D eigenvalue weighted by Crippen LogP contribution is -2.18. The minimum atomic E-state index is -1.42. The topological polar surface area (TPSA) is 107 Å². The van der Waals surface area contributed by atoms with Gasteiger partial charge in [0, 0.05) is 7.05 Å². The molecule has 0 fully saturated rings. The van der Waals surface area contributed by atoms with E-state index in [0.717, 1.165) is 12.1 Å². The zero-order valence-corrected chi connectivity index (χ0v) is 7.81. The van der Waals surface area contributed by atoms with Gasteiger partial charge in [0.15, 0.2) is 0 Å². The Morgan fingerprint density at radius 2 is 1.73 bits per heavy atom. The van der Waals surface area contributed by atoms with E-state index in [4.69, 9.17) is 10.2 Å². The van der Waals surface area contributed by atoms with E-state index < -0.39 is 28.9 Å². The smallest absolute Gasteiger partial charge is 0.339 e. The molecule has 0 spiro atoms. The van der Waals surface area contributed by atoms with Crippen molar-refractivity contribution in [3.8, 4) is 11.5 Å². The van der Waals surface area contributed by atoms with Gasteiger partial charge in [-0.25, -0.2) is 4.79 Å². The normalized spacial score (nSPS) is 9.67. The molecule has 1 aromatic carbocycles. The number of carboxylic acid groups (broad SMARTS) is 1. The summed E-state index contributed by atoms with van der Waals surface area (Å²) in [5, 5.41) is 29.5. The number of benzene rings is 1. The molecule has 0 saturated carbocycles. The Labute approximate surface area is 84.8 Å². The molecule has 0 aliphatic carbocycles. The van der Waals surface area contributed by atoms with Crippen molar-refractivity contribution in [3.63, 3.8) is 0 Å². The van der Waals surface area contributed by atoms with E-state index in [1.807, 2.05) is 0 Å². The highest BCUT2D eigenvalue weighted by Crippen LogP contribution is 2.27. The molecule has 0 unspecified atom stereocenters. The first-order chi connectivity index (χ1) is 6.97. The van der Waals surface area contributed by atoms with E-state index in [1.54, 1.807) is 0 Å². The van der Waals surface area contributed by atoms with Gasteiger partial charge in [-0.2, -0.15) is 0 Å².